The van der Waals surface area contributed by atoms with Gasteiger partial charge in [-0.05, 0) is 36.6 Å². The molecule has 1 amide bonds. The largest absolute Gasteiger partial charge is 0.468 e. The van der Waals surface area contributed by atoms with Crippen molar-refractivity contribution in [1.82, 2.24) is 4.72 Å². The van der Waals surface area contributed by atoms with Gasteiger partial charge in [0.1, 0.15) is 5.76 Å². The zero-order valence-electron chi connectivity index (χ0n) is 15.5. The molecule has 2 rings (SSSR count). The number of carbonyl (C=O) groups is 1. The molecule has 0 aliphatic rings. The summed E-state index contributed by atoms with van der Waals surface area (Å²) in [5, 5.41) is 2.80. The summed E-state index contributed by atoms with van der Waals surface area (Å²) in [7, 11) is -3.65. The van der Waals surface area contributed by atoms with Crippen molar-refractivity contribution in [3.63, 3.8) is 0 Å². The average Bonchev–Trinajstić information content (AvgIpc) is 3.14. The third kappa shape index (κ3) is 6.60. The van der Waals surface area contributed by atoms with Crippen LogP contribution in [0.25, 0.3) is 0 Å². The Kier molecular flexibility index (Phi) is 8.28. The third-order valence-electron chi connectivity index (χ3n) is 3.63. The number of benzene rings is 1. The fourth-order valence-electron chi connectivity index (χ4n) is 2.13. The molecule has 0 atom stereocenters. The van der Waals surface area contributed by atoms with Crippen LogP contribution in [-0.4, -0.2) is 32.9 Å². The second-order valence-corrected chi connectivity index (χ2v) is 9.76. The molecule has 0 aliphatic heterocycles. The molecule has 0 unspecified atom stereocenters. The Morgan fingerprint density at radius 3 is 2.67 bits per heavy atom. The van der Waals surface area contributed by atoms with E-state index in [1.54, 1.807) is 44.0 Å². The van der Waals surface area contributed by atoms with Crippen molar-refractivity contribution >= 4 is 45.1 Å². The molecule has 2 aromatic rings. The van der Waals surface area contributed by atoms with Crippen LogP contribution in [0.15, 0.2) is 50.8 Å². The van der Waals surface area contributed by atoms with Crippen LogP contribution in [-0.2, 0) is 20.6 Å². The van der Waals surface area contributed by atoms with Crippen LogP contribution in [0, 0.1) is 5.92 Å². The second kappa shape index (κ2) is 10.2. The lowest BCUT2D eigenvalue weighted by Gasteiger charge is -2.14. The van der Waals surface area contributed by atoms with E-state index in [1.165, 1.54) is 17.8 Å². The topological polar surface area (TPSA) is 88.4 Å². The first-order valence-corrected chi connectivity index (χ1v) is 12.3. The smallest absolute Gasteiger partial charge is 0.240 e. The molecule has 9 heteroatoms. The van der Waals surface area contributed by atoms with Gasteiger partial charge in [-0.15, -0.1) is 11.8 Å². The van der Waals surface area contributed by atoms with E-state index in [1.807, 2.05) is 18.4 Å². The van der Waals surface area contributed by atoms with Crippen LogP contribution >= 0.6 is 23.5 Å². The van der Waals surface area contributed by atoms with E-state index in [4.69, 9.17) is 4.42 Å². The first-order valence-electron chi connectivity index (χ1n) is 8.42. The highest BCUT2D eigenvalue weighted by atomic mass is 32.2. The molecule has 1 heterocycles. The maximum Gasteiger partial charge on any atom is 0.240 e. The zero-order valence-corrected chi connectivity index (χ0v) is 18.0. The number of rotatable bonds is 10. The van der Waals surface area contributed by atoms with Gasteiger partial charge in [0.15, 0.2) is 0 Å². The second-order valence-electron chi connectivity index (χ2n) is 6.04. The SMILES string of the molecule is CSc1ccc(S(=O)(=O)NCCSCc2ccco2)cc1NC(=O)C(C)C. The number of sulfonamides is 1. The van der Waals surface area contributed by atoms with Gasteiger partial charge >= 0.3 is 0 Å². The van der Waals surface area contributed by atoms with Gasteiger partial charge in [0.25, 0.3) is 0 Å². The van der Waals surface area contributed by atoms with Crippen LogP contribution in [0.1, 0.15) is 19.6 Å². The maximum absolute atomic E-state index is 12.5. The summed E-state index contributed by atoms with van der Waals surface area (Å²) in [4.78, 5) is 12.9. The van der Waals surface area contributed by atoms with E-state index in [2.05, 4.69) is 10.0 Å². The summed E-state index contributed by atoms with van der Waals surface area (Å²) >= 11 is 3.04. The van der Waals surface area contributed by atoms with Crippen LogP contribution in [0.3, 0.4) is 0 Å². The molecular weight excluding hydrogens is 404 g/mol. The number of furan rings is 1. The lowest BCUT2D eigenvalue weighted by atomic mass is 10.2. The minimum Gasteiger partial charge on any atom is -0.468 e. The number of carbonyl (C=O) groups excluding carboxylic acids is 1. The molecule has 1 aromatic heterocycles. The van der Waals surface area contributed by atoms with Crippen molar-refractivity contribution < 1.29 is 17.6 Å². The molecule has 1 aromatic carbocycles. The number of anilines is 1. The fraction of sp³-hybridized carbons (Fsp3) is 0.389. The first-order chi connectivity index (χ1) is 12.8. The minimum absolute atomic E-state index is 0.135. The van der Waals surface area contributed by atoms with E-state index < -0.39 is 10.0 Å². The number of nitrogens with one attached hydrogen (secondary N) is 2. The summed E-state index contributed by atoms with van der Waals surface area (Å²) in [5.74, 6) is 1.84. The van der Waals surface area contributed by atoms with Crippen molar-refractivity contribution in [1.29, 1.82) is 0 Å². The van der Waals surface area contributed by atoms with Crippen molar-refractivity contribution in [2.45, 2.75) is 29.4 Å². The van der Waals surface area contributed by atoms with Crippen LogP contribution < -0.4 is 10.0 Å². The molecule has 6 nitrogen and oxygen atoms in total. The lowest BCUT2D eigenvalue weighted by Crippen LogP contribution is -2.26. The average molecular weight is 429 g/mol. The quantitative estimate of drug-likeness (QED) is 0.442. The van der Waals surface area contributed by atoms with E-state index in [9.17, 15) is 13.2 Å². The Labute approximate surface area is 168 Å². The van der Waals surface area contributed by atoms with E-state index in [0.29, 0.717) is 23.7 Å². The maximum atomic E-state index is 12.5. The Bertz CT molecular complexity index is 849. The third-order valence-corrected chi connectivity index (χ3v) is 6.86. The van der Waals surface area contributed by atoms with Crippen LogP contribution in [0.5, 0.6) is 0 Å². The monoisotopic (exact) mass is 428 g/mol. The first kappa shape index (κ1) is 21.9. The van der Waals surface area contributed by atoms with Gasteiger partial charge in [0.05, 0.1) is 22.6 Å². The molecule has 27 heavy (non-hydrogen) atoms. The Hall–Kier alpha value is -1.42. The van der Waals surface area contributed by atoms with Gasteiger partial charge in [-0.25, -0.2) is 13.1 Å². The van der Waals surface area contributed by atoms with Gasteiger partial charge < -0.3 is 9.73 Å². The fourth-order valence-corrected chi connectivity index (χ4v) is 4.61. The minimum atomic E-state index is -3.65. The molecular formula is C18H24N2O4S3. The molecule has 0 spiro atoms. The lowest BCUT2D eigenvalue weighted by molar-refractivity contribution is -0.118. The molecule has 0 radical (unpaired) electrons. The van der Waals surface area contributed by atoms with Crippen molar-refractivity contribution in [3.05, 3.63) is 42.4 Å². The van der Waals surface area contributed by atoms with Gasteiger partial charge in [-0.2, -0.15) is 11.8 Å². The summed E-state index contributed by atoms with van der Waals surface area (Å²) in [6, 6.07) is 8.48. The number of amides is 1. The van der Waals surface area contributed by atoms with Crippen molar-refractivity contribution in [3.8, 4) is 0 Å². The molecule has 2 N–H and O–H groups in total. The van der Waals surface area contributed by atoms with Crippen LogP contribution in [0.2, 0.25) is 0 Å². The van der Waals surface area contributed by atoms with E-state index >= 15 is 0 Å². The number of hydrogen-bond acceptors (Lipinski definition) is 6. The predicted octanol–water partition coefficient (Wildman–Crippen LogP) is 3.81. The van der Waals surface area contributed by atoms with Gasteiger partial charge in [-0.3, -0.25) is 4.79 Å². The van der Waals surface area contributed by atoms with Gasteiger partial charge in [0.2, 0.25) is 15.9 Å². The zero-order chi connectivity index (χ0) is 19.9. The standard InChI is InChI=1S/C18H24N2O4S3/c1-13(2)18(21)20-16-11-15(6-7-17(16)25-3)27(22,23)19-8-10-26-12-14-5-4-9-24-14/h4-7,9,11,13,19H,8,10,12H2,1-3H3,(H,20,21). The molecule has 0 aliphatic carbocycles. The highest BCUT2D eigenvalue weighted by molar-refractivity contribution is 7.99. The molecule has 0 saturated carbocycles. The predicted molar refractivity (Wildman–Crippen MR) is 112 cm³/mol. The molecule has 0 bridgehead atoms. The summed E-state index contributed by atoms with van der Waals surface area (Å²) in [6.45, 7) is 3.89. The van der Waals surface area contributed by atoms with E-state index in [-0.39, 0.29) is 16.7 Å². The summed E-state index contributed by atoms with van der Waals surface area (Å²) in [6.07, 6.45) is 3.50. The van der Waals surface area contributed by atoms with Crippen LogP contribution in [0.4, 0.5) is 5.69 Å². The Balaban J connectivity index is 1.98. The van der Waals surface area contributed by atoms with Gasteiger partial charge in [0, 0.05) is 23.1 Å². The normalized spacial score (nSPS) is 11.7. The highest BCUT2D eigenvalue weighted by Crippen LogP contribution is 2.28. The molecule has 0 saturated heterocycles. The van der Waals surface area contributed by atoms with Crippen molar-refractivity contribution in [2.24, 2.45) is 5.92 Å². The Morgan fingerprint density at radius 2 is 2.04 bits per heavy atom. The van der Waals surface area contributed by atoms with E-state index in [0.717, 1.165) is 10.7 Å². The number of thioether (sulfide) groups is 2. The molecule has 148 valence electrons. The van der Waals surface area contributed by atoms with Gasteiger partial charge in [-0.1, -0.05) is 13.8 Å². The Morgan fingerprint density at radius 1 is 1.26 bits per heavy atom. The van der Waals surface area contributed by atoms with Crippen molar-refractivity contribution in [2.75, 3.05) is 23.9 Å². The summed E-state index contributed by atoms with van der Waals surface area (Å²) in [5.41, 5.74) is 0.510. The number of hydrogen-bond donors (Lipinski definition) is 2. The highest BCUT2D eigenvalue weighted by Gasteiger charge is 2.17. The summed E-state index contributed by atoms with van der Waals surface area (Å²) < 4.78 is 32.9. The molecule has 0 fully saturated rings.